The number of hydrogen-bond acceptors (Lipinski definition) is 2. The molecule has 0 saturated carbocycles. The summed E-state index contributed by atoms with van der Waals surface area (Å²) in [5, 5.41) is 0. The smallest absolute Gasteiger partial charge is 0.160 e. The molecule has 2 N–H and O–H groups in total. The molecular formula is C11H14F2N2. The Morgan fingerprint density at radius 3 is 2.73 bits per heavy atom. The van der Waals surface area contributed by atoms with Crippen molar-refractivity contribution < 1.29 is 8.78 Å². The van der Waals surface area contributed by atoms with Gasteiger partial charge >= 0.3 is 0 Å². The molecule has 2 rings (SSSR count). The number of nitrogens with zero attached hydrogens (tertiary/aromatic N) is 1. The molecule has 1 fully saturated rings. The van der Waals surface area contributed by atoms with Crippen LogP contribution in [0.3, 0.4) is 0 Å². The predicted octanol–water partition coefficient (Wildman–Crippen LogP) is 1.75. The monoisotopic (exact) mass is 212 g/mol. The third-order valence-electron chi connectivity index (χ3n) is 2.89. The van der Waals surface area contributed by atoms with Gasteiger partial charge in [-0.1, -0.05) is 0 Å². The van der Waals surface area contributed by atoms with Crippen LogP contribution in [0.2, 0.25) is 0 Å². The van der Waals surface area contributed by atoms with Crippen molar-refractivity contribution in [3.63, 3.8) is 0 Å². The van der Waals surface area contributed by atoms with Gasteiger partial charge < -0.3 is 10.6 Å². The van der Waals surface area contributed by atoms with Crippen LogP contribution in [0.15, 0.2) is 18.2 Å². The van der Waals surface area contributed by atoms with Gasteiger partial charge in [0.2, 0.25) is 0 Å². The molecule has 1 aromatic carbocycles. The summed E-state index contributed by atoms with van der Waals surface area (Å²) >= 11 is 0. The van der Waals surface area contributed by atoms with E-state index in [1.165, 1.54) is 12.1 Å². The van der Waals surface area contributed by atoms with E-state index >= 15 is 0 Å². The molecule has 0 bridgehead atoms. The number of nitrogens with two attached hydrogens (primary N) is 1. The van der Waals surface area contributed by atoms with Crippen LogP contribution in [-0.4, -0.2) is 19.6 Å². The molecule has 1 aliphatic rings. The number of halogens is 2. The average molecular weight is 212 g/mol. The molecule has 1 heterocycles. The summed E-state index contributed by atoms with van der Waals surface area (Å²) in [7, 11) is 0. The molecule has 0 radical (unpaired) electrons. The van der Waals surface area contributed by atoms with E-state index in [1.54, 1.807) is 6.07 Å². The van der Waals surface area contributed by atoms with Gasteiger partial charge in [-0.15, -0.1) is 0 Å². The fraction of sp³-hybridized carbons (Fsp3) is 0.455. The van der Waals surface area contributed by atoms with Crippen molar-refractivity contribution in [2.45, 2.75) is 6.42 Å². The fourth-order valence-electron chi connectivity index (χ4n) is 1.94. The van der Waals surface area contributed by atoms with E-state index in [1.807, 2.05) is 4.90 Å². The van der Waals surface area contributed by atoms with Crippen LogP contribution in [0.1, 0.15) is 6.42 Å². The van der Waals surface area contributed by atoms with E-state index in [0.717, 1.165) is 25.2 Å². The van der Waals surface area contributed by atoms with Crippen LogP contribution in [0.25, 0.3) is 0 Å². The first-order chi connectivity index (χ1) is 7.20. The van der Waals surface area contributed by atoms with E-state index in [-0.39, 0.29) is 0 Å². The van der Waals surface area contributed by atoms with E-state index in [0.29, 0.717) is 12.5 Å². The van der Waals surface area contributed by atoms with Gasteiger partial charge in [0.15, 0.2) is 11.6 Å². The number of anilines is 1. The number of benzene rings is 1. The third-order valence-corrected chi connectivity index (χ3v) is 2.89. The summed E-state index contributed by atoms with van der Waals surface area (Å²) < 4.78 is 25.7. The quantitative estimate of drug-likeness (QED) is 0.809. The van der Waals surface area contributed by atoms with Crippen molar-refractivity contribution in [3.8, 4) is 0 Å². The van der Waals surface area contributed by atoms with Gasteiger partial charge in [-0.2, -0.15) is 0 Å². The summed E-state index contributed by atoms with van der Waals surface area (Å²) in [5.74, 6) is -1.12. The Balaban J connectivity index is 2.13. The largest absolute Gasteiger partial charge is 0.371 e. The lowest BCUT2D eigenvalue weighted by Gasteiger charge is -2.18. The minimum Gasteiger partial charge on any atom is -0.371 e. The summed E-state index contributed by atoms with van der Waals surface area (Å²) in [6.45, 7) is 2.36. The van der Waals surface area contributed by atoms with Crippen molar-refractivity contribution in [2.75, 3.05) is 24.5 Å². The minimum atomic E-state index is -0.798. The predicted molar refractivity (Wildman–Crippen MR) is 55.7 cm³/mol. The van der Waals surface area contributed by atoms with Crippen LogP contribution >= 0.6 is 0 Å². The molecule has 2 nitrogen and oxygen atoms in total. The van der Waals surface area contributed by atoms with Crippen LogP contribution in [0.4, 0.5) is 14.5 Å². The van der Waals surface area contributed by atoms with Gasteiger partial charge in [0.1, 0.15) is 0 Å². The second kappa shape index (κ2) is 4.14. The summed E-state index contributed by atoms with van der Waals surface area (Å²) in [4.78, 5) is 2.04. The summed E-state index contributed by atoms with van der Waals surface area (Å²) in [6.07, 6.45) is 1.02. The topological polar surface area (TPSA) is 29.3 Å². The molecule has 82 valence electrons. The Hall–Kier alpha value is -1.16. The lowest BCUT2D eigenvalue weighted by Crippen LogP contribution is -2.22. The molecule has 1 saturated heterocycles. The Morgan fingerprint density at radius 2 is 2.13 bits per heavy atom. The molecule has 0 amide bonds. The molecular weight excluding hydrogens is 198 g/mol. The minimum absolute atomic E-state index is 0.470. The highest BCUT2D eigenvalue weighted by molar-refractivity contribution is 5.47. The Kier molecular flexibility index (Phi) is 2.86. The van der Waals surface area contributed by atoms with Gasteiger partial charge in [0.05, 0.1) is 0 Å². The van der Waals surface area contributed by atoms with E-state index in [2.05, 4.69) is 0 Å². The van der Waals surface area contributed by atoms with Gasteiger partial charge in [-0.25, -0.2) is 8.78 Å². The van der Waals surface area contributed by atoms with Gasteiger partial charge in [-0.3, -0.25) is 0 Å². The second-order valence-corrected chi connectivity index (χ2v) is 3.93. The maximum Gasteiger partial charge on any atom is 0.160 e. The fourth-order valence-corrected chi connectivity index (χ4v) is 1.94. The van der Waals surface area contributed by atoms with Crippen molar-refractivity contribution in [2.24, 2.45) is 11.7 Å². The SMILES string of the molecule is NCC1CCN(c2ccc(F)c(F)c2)C1. The molecule has 1 atom stereocenters. The highest BCUT2D eigenvalue weighted by Crippen LogP contribution is 2.24. The Labute approximate surface area is 87.7 Å². The van der Waals surface area contributed by atoms with Crippen molar-refractivity contribution >= 4 is 5.69 Å². The van der Waals surface area contributed by atoms with Crippen LogP contribution in [-0.2, 0) is 0 Å². The maximum atomic E-state index is 13.0. The normalized spacial score (nSPS) is 21.0. The molecule has 0 spiro atoms. The molecule has 1 aliphatic heterocycles. The van der Waals surface area contributed by atoms with Crippen molar-refractivity contribution in [3.05, 3.63) is 29.8 Å². The molecule has 4 heteroatoms. The zero-order valence-electron chi connectivity index (χ0n) is 8.42. The second-order valence-electron chi connectivity index (χ2n) is 3.93. The van der Waals surface area contributed by atoms with Gasteiger partial charge in [0.25, 0.3) is 0 Å². The molecule has 1 unspecified atom stereocenters. The number of hydrogen-bond donors (Lipinski definition) is 1. The third kappa shape index (κ3) is 2.09. The van der Waals surface area contributed by atoms with Gasteiger partial charge in [-0.05, 0) is 31.0 Å². The van der Waals surface area contributed by atoms with Crippen molar-refractivity contribution in [1.29, 1.82) is 0 Å². The average Bonchev–Trinajstić information content (AvgIpc) is 2.70. The highest BCUT2D eigenvalue weighted by Gasteiger charge is 2.21. The number of rotatable bonds is 2. The zero-order chi connectivity index (χ0) is 10.8. The first kappa shape index (κ1) is 10.4. The lowest BCUT2D eigenvalue weighted by molar-refractivity contribution is 0.508. The maximum absolute atomic E-state index is 13.0. The highest BCUT2D eigenvalue weighted by atomic mass is 19.2. The summed E-state index contributed by atoms with van der Waals surface area (Å²) in [6, 6.07) is 4.02. The van der Waals surface area contributed by atoms with E-state index < -0.39 is 11.6 Å². The Bertz CT molecular complexity index is 354. The lowest BCUT2D eigenvalue weighted by atomic mass is 10.1. The standard InChI is InChI=1S/C11H14F2N2/c12-10-2-1-9(5-11(10)13)15-4-3-8(6-14)7-15/h1-2,5,8H,3-4,6-7,14H2. The van der Waals surface area contributed by atoms with Crippen LogP contribution in [0.5, 0.6) is 0 Å². The Morgan fingerprint density at radius 1 is 1.33 bits per heavy atom. The zero-order valence-corrected chi connectivity index (χ0v) is 8.42. The van der Waals surface area contributed by atoms with Crippen LogP contribution in [0, 0.1) is 17.6 Å². The van der Waals surface area contributed by atoms with Crippen molar-refractivity contribution in [1.82, 2.24) is 0 Å². The molecule has 0 aromatic heterocycles. The molecule has 0 aliphatic carbocycles. The molecule has 1 aromatic rings. The van der Waals surface area contributed by atoms with E-state index in [4.69, 9.17) is 5.73 Å². The first-order valence-corrected chi connectivity index (χ1v) is 5.11. The first-order valence-electron chi connectivity index (χ1n) is 5.11. The summed E-state index contributed by atoms with van der Waals surface area (Å²) in [5.41, 5.74) is 6.31. The van der Waals surface area contributed by atoms with E-state index in [9.17, 15) is 8.78 Å². The van der Waals surface area contributed by atoms with Crippen LogP contribution < -0.4 is 10.6 Å². The van der Waals surface area contributed by atoms with Gasteiger partial charge in [0, 0.05) is 24.8 Å². The molecule has 15 heavy (non-hydrogen) atoms.